The number of hydrogen-bond donors (Lipinski definition) is 1. The highest BCUT2D eigenvalue weighted by molar-refractivity contribution is 5.91. The molecule has 0 heterocycles. The van der Waals surface area contributed by atoms with Crippen LogP contribution in [0.25, 0.3) is 0 Å². The van der Waals surface area contributed by atoms with Gasteiger partial charge in [0.2, 0.25) is 5.91 Å². The summed E-state index contributed by atoms with van der Waals surface area (Å²) < 4.78 is 0. The fourth-order valence-electron chi connectivity index (χ4n) is 1.28. The second-order valence-electron chi connectivity index (χ2n) is 3.15. The Morgan fingerprint density at radius 2 is 1.87 bits per heavy atom. The summed E-state index contributed by atoms with van der Waals surface area (Å²) >= 11 is 0. The molecule has 0 bridgehead atoms. The molecule has 4 heteroatoms. The largest absolute Gasteiger partial charge is 0.481 e. The highest BCUT2D eigenvalue weighted by Gasteiger charge is 2.11. The molecule has 0 radical (unpaired) electrons. The Kier molecular flexibility index (Phi) is 3.85. The molecule has 0 aliphatic rings. The summed E-state index contributed by atoms with van der Waals surface area (Å²) in [5, 5.41) is 8.55. The second kappa shape index (κ2) is 5.14. The molecule has 1 rings (SSSR count). The van der Waals surface area contributed by atoms with Gasteiger partial charge in [0.05, 0.1) is 6.42 Å². The lowest BCUT2D eigenvalue weighted by Gasteiger charge is -2.19. The van der Waals surface area contributed by atoms with Gasteiger partial charge in [-0.1, -0.05) is 18.2 Å². The maximum absolute atomic E-state index is 11.3. The van der Waals surface area contributed by atoms with Crippen LogP contribution in [-0.2, 0) is 9.59 Å². The molecule has 4 nitrogen and oxygen atoms in total. The summed E-state index contributed by atoms with van der Waals surface area (Å²) in [7, 11) is 0. The number of carbonyl (C=O) groups excluding carboxylic acids is 1. The fraction of sp³-hybridized carbons (Fsp3) is 0.273. The summed E-state index contributed by atoms with van der Waals surface area (Å²) in [6, 6.07) is 9.03. The maximum Gasteiger partial charge on any atom is 0.305 e. The third-order valence-corrected chi connectivity index (χ3v) is 2.00. The van der Waals surface area contributed by atoms with Crippen LogP contribution in [0.3, 0.4) is 0 Å². The third kappa shape index (κ3) is 3.42. The Morgan fingerprint density at radius 1 is 1.27 bits per heavy atom. The first-order valence-electron chi connectivity index (χ1n) is 4.66. The van der Waals surface area contributed by atoms with Gasteiger partial charge < -0.3 is 10.0 Å². The van der Waals surface area contributed by atoms with Crippen LogP contribution < -0.4 is 4.90 Å². The van der Waals surface area contributed by atoms with E-state index in [0.717, 1.165) is 5.69 Å². The molecular formula is C11H13NO3. The molecule has 0 saturated heterocycles. The molecule has 0 atom stereocenters. The van der Waals surface area contributed by atoms with Gasteiger partial charge in [-0.3, -0.25) is 9.59 Å². The van der Waals surface area contributed by atoms with Crippen molar-refractivity contribution >= 4 is 17.6 Å². The number of rotatable bonds is 4. The highest BCUT2D eigenvalue weighted by atomic mass is 16.4. The lowest BCUT2D eigenvalue weighted by atomic mass is 10.2. The average molecular weight is 207 g/mol. The van der Waals surface area contributed by atoms with Crippen LogP contribution in [0.1, 0.15) is 13.3 Å². The second-order valence-corrected chi connectivity index (χ2v) is 3.15. The monoisotopic (exact) mass is 207 g/mol. The predicted molar refractivity (Wildman–Crippen MR) is 56.7 cm³/mol. The van der Waals surface area contributed by atoms with Gasteiger partial charge in [0.25, 0.3) is 0 Å². The van der Waals surface area contributed by atoms with E-state index in [2.05, 4.69) is 0 Å². The molecule has 0 aromatic heterocycles. The van der Waals surface area contributed by atoms with E-state index in [1.165, 1.54) is 11.8 Å². The zero-order valence-electron chi connectivity index (χ0n) is 8.51. The van der Waals surface area contributed by atoms with Crippen LogP contribution in [0.15, 0.2) is 30.3 Å². The molecule has 1 N–H and O–H groups in total. The van der Waals surface area contributed by atoms with Gasteiger partial charge in [-0.05, 0) is 12.1 Å². The quantitative estimate of drug-likeness (QED) is 0.814. The van der Waals surface area contributed by atoms with Gasteiger partial charge in [0, 0.05) is 19.2 Å². The van der Waals surface area contributed by atoms with Crippen LogP contribution in [-0.4, -0.2) is 23.5 Å². The minimum atomic E-state index is -0.905. The smallest absolute Gasteiger partial charge is 0.305 e. The number of carboxylic acids is 1. The fourth-order valence-corrected chi connectivity index (χ4v) is 1.28. The number of amides is 1. The minimum Gasteiger partial charge on any atom is -0.481 e. The van der Waals surface area contributed by atoms with Gasteiger partial charge in [0.1, 0.15) is 0 Å². The molecule has 0 saturated carbocycles. The number of hydrogen-bond acceptors (Lipinski definition) is 2. The molecule has 1 amide bonds. The molecule has 1 aromatic carbocycles. The Labute approximate surface area is 88.1 Å². The maximum atomic E-state index is 11.3. The Morgan fingerprint density at radius 3 is 2.33 bits per heavy atom. The van der Waals surface area contributed by atoms with Crippen molar-refractivity contribution in [1.29, 1.82) is 0 Å². The van der Waals surface area contributed by atoms with E-state index in [1.54, 1.807) is 12.1 Å². The van der Waals surface area contributed by atoms with Crippen molar-refractivity contribution < 1.29 is 14.7 Å². The van der Waals surface area contributed by atoms with E-state index in [0.29, 0.717) is 0 Å². The van der Waals surface area contributed by atoms with E-state index >= 15 is 0 Å². The molecule has 0 aliphatic heterocycles. The lowest BCUT2D eigenvalue weighted by molar-refractivity contribution is -0.136. The van der Waals surface area contributed by atoms with Crippen molar-refractivity contribution in [2.75, 3.05) is 11.4 Å². The minimum absolute atomic E-state index is 0.0471. The van der Waals surface area contributed by atoms with Crippen LogP contribution in [0.5, 0.6) is 0 Å². The molecule has 80 valence electrons. The number of carboxylic acid groups (broad SMARTS) is 1. The molecule has 15 heavy (non-hydrogen) atoms. The van der Waals surface area contributed by atoms with Crippen molar-refractivity contribution in [3.8, 4) is 0 Å². The first-order chi connectivity index (χ1) is 7.11. The van der Waals surface area contributed by atoms with Gasteiger partial charge in [-0.25, -0.2) is 0 Å². The number of nitrogens with zero attached hydrogens (tertiary/aromatic N) is 1. The summed E-state index contributed by atoms with van der Waals surface area (Å²) in [5.74, 6) is -1.06. The van der Waals surface area contributed by atoms with E-state index in [9.17, 15) is 9.59 Å². The number of aliphatic carboxylic acids is 1. The normalized spacial score (nSPS) is 9.67. The van der Waals surface area contributed by atoms with Crippen LogP contribution >= 0.6 is 0 Å². The topological polar surface area (TPSA) is 57.6 Å². The zero-order chi connectivity index (χ0) is 11.3. The standard InChI is InChI=1S/C11H13NO3/c1-9(13)12(8-7-11(14)15)10-5-3-2-4-6-10/h2-6H,7-8H2,1H3,(H,14,15). The first kappa shape index (κ1) is 11.2. The lowest BCUT2D eigenvalue weighted by Crippen LogP contribution is -2.30. The van der Waals surface area contributed by atoms with E-state index < -0.39 is 5.97 Å². The molecule has 1 aromatic rings. The van der Waals surface area contributed by atoms with Crippen LogP contribution in [0.4, 0.5) is 5.69 Å². The molecule has 0 aliphatic carbocycles. The van der Waals surface area contributed by atoms with E-state index in [1.807, 2.05) is 18.2 Å². The van der Waals surface area contributed by atoms with Gasteiger partial charge >= 0.3 is 5.97 Å². The average Bonchev–Trinajstić information content (AvgIpc) is 2.18. The van der Waals surface area contributed by atoms with E-state index in [4.69, 9.17) is 5.11 Å². The number of benzene rings is 1. The van der Waals surface area contributed by atoms with Crippen molar-refractivity contribution in [2.24, 2.45) is 0 Å². The Balaban J connectivity index is 2.75. The number of anilines is 1. The van der Waals surface area contributed by atoms with Crippen molar-refractivity contribution in [2.45, 2.75) is 13.3 Å². The zero-order valence-corrected chi connectivity index (χ0v) is 8.51. The van der Waals surface area contributed by atoms with Gasteiger partial charge in [-0.2, -0.15) is 0 Å². The van der Waals surface area contributed by atoms with Crippen LogP contribution in [0.2, 0.25) is 0 Å². The third-order valence-electron chi connectivity index (χ3n) is 2.00. The van der Waals surface area contributed by atoms with Gasteiger partial charge in [-0.15, -0.1) is 0 Å². The predicted octanol–water partition coefficient (Wildman–Crippen LogP) is 1.51. The highest BCUT2D eigenvalue weighted by Crippen LogP contribution is 2.13. The van der Waals surface area contributed by atoms with Crippen molar-refractivity contribution in [3.05, 3.63) is 30.3 Å². The summed E-state index contributed by atoms with van der Waals surface area (Å²) in [6.45, 7) is 1.63. The molecule has 0 spiro atoms. The molecule has 0 fully saturated rings. The van der Waals surface area contributed by atoms with Gasteiger partial charge in [0.15, 0.2) is 0 Å². The van der Waals surface area contributed by atoms with Crippen molar-refractivity contribution in [1.82, 2.24) is 0 Å². The SMILES string of the molecule is CC(=O)N(CCC(=O)O)c1ccccc1. The number of para-hydroxylation sites is 1. The summed E-state index contributed by atoms with van der Waals surface area (Å²) in [6.07, 6.45) is -0.0471. The van der Waals surface area contributed by atoms with Crippen LogP contribution in [0, 0.1) is 0 Å². The summed E-state index contributed by atoms with van der Waals surface area (Å²) in [4.78, 5) is 23.2. The summed E-state index contributed by atoms with van der Waals surface area (Å²) in [5.41, 5.74) is 0.728. The van der Waals surface area contributed by atoms with Crippen molar-refractivity contribution in [3.63, 3.8) is 0 Å². The molecular weight excluding hydrogens is 194 g/mol. The van der Waals surface area contributed by atoms with E-state index in [-0.39, 0.29) is 18.9 Å². The Hall–Kier alpha value is -1.84. The molecule has 0 unspecified atom stereocenters. The Bertz CT molecular complexity index is 348. The number of carbonyl (C=O) groups is 2. The first-order valence-corrected chi connectivity index (χ1v) is 4.66.